The third-order valence-corrected chi connectivity index (χ3v) is 3.67. The Morgan fingerprint density at radius 1 is 1.16 bits per heavy atom. The molecule has 0 aromatic carbocycles. The summed E-state index contributed by atoms with van der Waals surface area (Å²) in [5.74, 6) is 3.60. The van der Waals surface area contributed by atoms with Crippen LogP contribution in [-0.4, -0.2) is 30.1 Å². The maximum atomic E-state index is 4.67. The van der Waals surface area contributed by atoms with Gasteiger partial charge < -0.3 is 10.2 Å². The highest BCUT2D eigenvalue weighted by molar-refractivity contribution is 5.49. The first-order valence-corrected chi connectivity index (χ1v) is 7.48. The minimum atomic E-state index is 0.734. The van der Waals surface area contributed by atoms with Crippen LogP contribution >= 0.6 is 0 Å². The number of nitrogens with one attached hydrogen (secondary N) is 1. The highest BCUT2D eigenvalue weighted by Crippen LogP contribution is 2.19. The first-order chi connectivity index (χ1) is 9.18. The van der Waals surface area contributed by atoms with Crippen molar-refractivity contribution >= 4 is 11.6 Å². The number of rotatable bonds is 8. The van der Waals surface area contributed by atoms with Gasteiger partial charge in [0.2, 0.25) is 0 Å². The first-order valence-electron chi connectivity index (χ1n) is 7.48. The molecule has 1 aromatic heterocycles. The SMILES string of the molecule is CCc1nc(NC)cc(N(CC)CC(CC)CC)n1. The van der Waals surface area contributed by atoms with Crippen LogP contribution in [0.2, 0.25) is 0 Å². The van der Waals surface area contributed by atoms with Crippen LogP contribution in [0.1, 0.15) is 46.4 Å². The van der Waals surface area contributed by atoms with E-state index in [0.29, 0.717) is 0 Å². The van der Waals surface area contributed by atoms with Crippen molar-refractivity contribution in [2.75, 3.05) is 30.4 Å². The van der Waals surface area contributed by atoms with Crippen molar-refractivity contribution in [3.8, 4) is 0 Å². The molecule has 0 saturated carbocycles. The van der Waals surface area contributed by atoms with Crippen molar-refractivity contribution in [1.82, 2.24) is 9.97 Å². The van der Waals surface area contributed by atoms with Crippen molar-refractivity contribution < 1.29 is 0 Å². The maximum Gasteiger partial charge on any atom is 0.134 e. The fourth-order valence-corrected chi connectivity index (χ4v) is 2.17. The van der Waals surface area contributed by atoms with E-state index < -0.39 is 0 Å². The van der Waals surface area contributed by atoms with Crippen molar-refractivity contribution in [3.05, 3.63) is 11.9 Å². The molecule has 1 heterocycles. The monoisotopic (exact) mass is 264 g/mol. The Kier molecular flexibility index (Phi) is 6.60. The topological polar surface area (TPSA) is 41.1 Å². The molecule has 0 aliphatic rings. The molecule has 0 radical (unpaired) electrons. The number of aryl methyl sites for hydroxylation is 1. The van der Waals surface area contributed by atoms with Gasteiger partial charge in [-0.25, -0.2) is 9.97 Å². The lowest BCUT2D eigenvalue weighted by molar-refractivity contribution is 0.484. The quantitative estimate of drug-likeness (QED) is 0.782. The van der Waals surface area contributed by atoms with Gasteiger partial charge in [0.15, 0.2) is 0 Å². The predicted octanol–water partition coefficient (Wildman–Crippen LogP) is 3.34. The lowest BCUT2D eigenvalue weighted by Gasteiger charge is -2.27. The van der Waals surface area contributed by atoms with E-state index in [1.165, 1.54) is 12.8 Å². The molecule has 0 amide bonds. The molecule has 0 atom stereocenters. The van der Waals surface area contributed by atoms with Gasteiger partial charge in [-0.2, -0.15) is 0 Å². The zero-order valence-corrected chi connectivity index (χ0v) is 13.0. The summed E-state index contributed by atoms with van der Waals surface area (Å²) >= 11 is 0. The van der Waals surface area contributed by atoms with Crippen LogP contribution in [0.25, 0.3) is 0 Å². The van der Waals surface area contributed by atoms with Gasteiger partial charge in [0.25, 0.3) is 0 Å². The minimum Gasteiger partial charge on any atom is -0.373 e. The van der Waals surface area contributed by atoms with E-state index in [4.69, 9.17) is 0 Å². The summed E-state index contributed by atoms with van der Waals surface area (Å²) in [5.41, 5.74) is 0. The molecule has 0 aliphatic carbocycles. The zero-order chi connectivity index (χ0) is 14.3. The molecular formula is C15H28N4. The number of hydrogen-bond donors (Lipinski definition) is 1. The van der Waals surface area contributed by atoms with Crippen molar-refractivity contribution in [2.45, 2.75) is 47.0 Å². The third kappa shape index (κ3) is 4.37. The lowest BCUT2D eigenvalue weighted by Crippen LogP contribution is -2.30. The van der Waals surface area contributed by atoms with Gasteiger partial charge in [-0.15, -0.1) is 0 Å². The highest BCUT2D eigenvalue weighted by Gasteiger charge is 2.13. The third-order valence-electron chi connectivity index (χ3n) is 3.67. The molecule has 0 spiro atoms. The molecule has 108 valence electrons. The molecule has 0 saturated heterocycles. The minimum absolute atomic E-state index is 0.734. The fourth-order valence-electron chi connectivity index (χ4n) is 2.17. The summed E-state index contributed by atoms with van der Waals surface area (Å²) in [6.45, 7) is 10.9. The molecule has 19 heavy (non-hydrogen) atoms. The summed E-state index contributed by atoms with van der Waals surface area (Å²) in [6, 6.07) is 2.05. The van der Waals surface area contributed by atoms with Crippen LogP contribution in [0.15, 0.2) is 6.07 Å². The van der Waals surface area contributed by atoms with E-state index >= 15 is 0 Å². The molecule has 4 nitrogen and oxygen atoms in total. The number of anilines is 2. The molecule has 0 fully saturated rings. The van der Waals surface area contributed by atoms with E-state index in [2.05, 4.69) is 47.9 Å². The van der Waals surface area contributed by atoms with Crippen LogP contribution in [0.3, 0.4) is 0 Å². The Labute approximate surface area is 117 Å². The van der Waals surface area contributed by atoms with Crippen LogP contribution < -0.4 is 10.2 Å². The Balaban J connectivity index is 2.96. The Bertz CT molecular complexity index is 352. The summed E-state index contributed by atoms with van der Waals surface area (Å²) in [5, 5.41) is 3.12. The standard InChI is InChI=1S/C15H28N4/c1-6-12(7-2)11-19(9-4)15-10-14(16-5)17-13(8-3)18-15/h10,12H,6-9,11H2,1-5H3,(H,16,17,18). The van der Waals surface area contributed by atoms with Crippen LogP contribution in [0.4, 0.5) is 11.6 Å². The lowest BCUT2D eigenvalue weighted by atomic mass is 10.0. The van der Waals surface area contributed by atoms with E-state index in [9.17, 15) is 0 Å². The maximum absolute atomic E-state index is 4.67. The van der Waals surface area contributed by atoms with Gasteiger partial charge in [-0.3, -0.25) is 0 Å². The van der Waals surface area contributed by atoms with Gasteiger partial charge in [-0.05, 0) is 12.8 Å². The molecule has 0 aliphatic heterocycles. The van der Waals surface area contributed by atoms with Gasteiger partial charge in [0, 0.05) is 32.6 Å². The second-order valence-corrected chi connectivity index (χ2v) is 4.85. The number of hydrogen-bond acceptors (Lipinski definition) is 4. The van der Waals surface area contributed by atoms with Crippen LogP contribution in [0, 0.1) is 5.92 Å². The summed E-state index contributed by atoms with van der Waals surface area (Å²) in [6.07, 6.45) is 3.31. The molecule has 4 heteroatoms. The summed E-state index contributed by atoms with van der Waals surface area (Å²) in [4.78, 5) is 11.5. The van der Waals surface area contributed by atoms with Crippen molar-refractivity contribution in [2.24, 2.45) is 5.92 Å². The molecular weight excluding hydrogens is 236 g/mol. The molecule has 0 bridgehead atoms. The largest absolute Gasteiger partial charge is 0.373 e. The highest BCUT2D eigenvalue weighted by atomic mass is 15.2. The smallest absolute Gasteiger partial charge is 0.134 e. The van der Waals surface area contributed by atoms with Crippen LogP contribution in [-0.2, 0) is 6.42 Å². The molecule has 1 aromatic rings. The fraction of sp³-hybridized carbons (Fsp3) is 0.733. The Morgan fingerprint density at radius 3 is 2.32 bits per heavy atom. The predicted molar refractivity (Wildman–Crippen MR) is 82.9 cm³/mol. The summed E-state index contributed by atoms with van der Waals surface area (Å²) in [7, 11) is 1.91. The number of nitrogens with zero attached hydrogens (tertiary/aromatic N) is 3. The average Bonchev–Trinajstić information content (AvgIpc) is 2.48. The summed E-state index contributed by atoms with van der Waals surface area (Å²) < 4.78 is 0. The van der Waals surface area contributed by atoms with Crippen LogP contribution in [0.5, 0.6) is 0 Å². The van der Waals surface area contributed by atoms with Crippen molar-refractivity contribution in [3.63, 3.8) is 0 Å². The second kappa shape index (κ2) is 7.97. The Morgan fingerprint density at radius 2 is 1.84 bits per heavy atom. The average molecular weight is 264 g/mol. The van der Waals surface area contributed by atoms with Crippen molar-refractivity contribution in [1.29, 1.82) is 0 Å². The Hall–Kier alpha value is -1.32. The molecule has 0 unspecified atom stereocenters. The van der Waals surface area contributed by atoms with E-state index in [1.807, 2.05) is 13.1 Å². The first kappa shape index (κ1) is 15.7. The number of aromatic nitrogens is 2. The van der Waals surface area contributed by atoms with E-state index in [-0.39, 0.29) is 0 Å². The van der Waals surface area contributed by atoms with E-state index in [0.717, 1.165) is 42.9 Å². The van der Waals surface area contributed by atoms with Gasteiger partial charge in [0.1, 0.15) is 17.5 Å². The normalized spacial score (nSPS) is 10.8. The molecule has 1 rings (SSSR count). The second-order valence-electron chi connectivity index (χ2n) is 4.85. The van der Waals surface area contributed by atoms with Gasteiger partial charge in [-0.1, -0.05) is 33.6 Å². The van der Waals surface area contributed by atoms with Gasteiger partial charge in [0.05, 0.1) is 0 Å². The zero-order valence-electron chi connectivity index (χ0n) is 13.0. The van der Waals surface area contributed by atoms with Gasteiger partial charge >= 0.3 is 0 Å². The molecule has 1 N–H and O–H groups in total. The van der Waals surface area contributed by atoms with E-state index in [1.54, 1.807) is 0 Å².